The van der Waals surface area contributed by atoms with Crippen molar-refractivity contribution in [3.8, 4) is 0 Å². The Hall–Kier alpha value is -1.29. The average molecular weight is 208 g/mol. The standard InChI is InChI=1S/C11H16N2O2/c1-11-6-4-3-5-9(11)15-7-8(12)10(14)13(11)2/h3-5,8H,6-7,12H2,1-2H3. The summed E-state index contributed by atoms with van der Waals surface area (Å²) in [5, 5.41) is 0. The van der Waals surface area contributed by atoms with Crippen molar-refractivity contribution in [2.75, 3.05) is 13.7 Å². The van der Waals surface area contributed by atoms with Crippen LogP contribution in [0, 0.1) is 0 Å². The molecule has 4 nitrogen and oxygen atoms in total. The molecule has 2 unspecified atom stereocenters. The molecule has 0 radical (unpaired) electrons. The van der Waals surface area contributed by atoms with Gasteiger partial charge in [-0.15, -0.1) is 0 Å². The molecule has 0 aromatic heterocycles. The lowest BCUT2D eigenvalue weighted by molar-refractivity contribution is -0.134. The second-order valence-electron chi connectivity index (χ2n) is 4.25. The van der Waals surface area contributed by atoms with Crippen molar-refractivity contribution < 1.29 is 9.53 Å². The Morgan fingerprint density at radius 2 is 2.40 bits per heavy atom. The van der Waals surface area contributed by atoms with Gasteiger partial charge in [-0.05, 0) is 19.4 Å². The summed E-state index contributed by atoms with van der Waals surface area (Å²) in [6, 6.07) is -0.557. The topological polar surface area (TPSA) is 55.6 Å². The van der Waals surface area contributed by atoms with E-state index in [1.54, 1.807) is 11.9 Å². The summed E-state index contributed by atoms with van der Waals surface area (Å²) in [5.74, 6) is 0.769. The number of nitrogens with zero attached hydrogens (tertiary/aromatic N) is 1. The van der Waals surface area contributed by atoms with E-state index in [0.717, 1.165) is 12.2 Å². The van der Waals surface area contributed by atoms with E-state index >= 15 is 0 Å². The van der Waals surface area contributed by atoms with Crippen LogP contribution in [0.3, 0.4) is 0 Å². The fourth-order valence-electron chi connectivity index (χ4n) is 1.98. The SMILES string of the molecule is CN1C(=O)C(N)COC2=CC=CCC21C. The number of rotatable bonds is 0. The summed E-state index contributed by atoms with van der Waals surface area (Å²) in [7, 11) is 1.78. The first-order valence-electron chi connectivity index (χ1n) is 5.09. The number of amides is 1. The first-order chi connectivity index (χ1) is 7.05. The van der Waals surface area contributed by atoms with Gasteiger partial charge in [-0.25, -0.2) is 0 Å². The summed E-state index contributed by atoms with van der Waals surface area (Å²) in [4.78, 5) is 13.6. The molecule has 1 aliphatic carbocycles. The van der Waals surface area contributed by atoms with Gasteiger partial charge in [-0.3, -0.25) is 4.79 Å². The van der Waals surface area contributed by atoms with Crippen LogP contribution in [0.4, 0.5) is 0 Å². The van der Waals surface area contributed by atoms with Crippen LogP contribution < -0.4 is 5.73 Å². The van der Waals surface area contributed by atoms with Crippen molar-refractivity contribution in [3.05, 3.63) is 24.0 Å². The van der Waals surface area contributed by atoms with Crippen LogP contribution in [-0.2, 0) is 9.53 Å². The highest BCUT2D eigenvalue weighted by molar-refractivity contribution is 5.83. The average Bonchev–Trinajstić information content (AvgIpc) is 2.32. The van der Waals surface area contributed by atoms with Gasteiger partial charge in [-0.2, -0.15) is 0 Å². The Morgan fingerprint density at radius 3 is 3.13 bits per heavy atom. The largest absolute Gasteiger partial charge is 0.493 e. The van der Waals surface area contributed by atoms with E-state index in [4.69, 9.17) is 10.5 Å². The molecule has 1 heterocycles. The number of allylic oxidation sites excluding steroid dienone is 2. The summed E-state index contributed by atoms with van der Waals surface area (Å²) in [6.07, 6.45) is 6.67. The van der Waals surface area contributed by atoms with E-state index in [1.165, 1.54) is 0 Å². The summed E-state index contributed by atoms with van der Waals surface area (Å²) in [5.41, 5.74) is 5.34. The number of ether oxygens (including phenoxy) is 1. The Bertz CT molecular complexity index is 348. The van der Waals surface area contributed by atoms with E-state index in [2.05, 4.69) is 0 Å². The first kappa shape index (κ1) is 10.2. The van der Waals surface area contributed by atoms with E-state index in [9.17, 15) is 4.79 Å². The van der Waals surface area contributed by atoms with Gasteiger partial charge in [0.1, 0.15) is 23.9 Å². The monoisotopic (exact) mass is 208 g/mol. The predicted octanol–water partition coefficient (Wildman–Crippen LogP) is 0.405. The normalized spacial score (nSPS) is 35.4. The maximum Gasteiger partial charge on any atom is 0.243 e. The molecule has 0 aromatic carbocycles. The third kappa shape index (κ3) is 1.45. The number of hydrogen-bond acceptors (Lipinski definition) is 3. The van der Waals surface area contributed by atoms with Crippen molar-refractivity contribution in [1.82, 2.24) is 4.90 Å². The van der Waals surface area contributed by atoms with Crippen molar-refractivity contribution >= 4 is 5.91 Å². The third-order valence-corrected chi connectivity index (χ3v) is 3.24. The summed E-state index contributed by atoms with van der Waals surface area (Å²) >= 11 is 0. The van der Waals surface area contributed by atoms with E-state index < -0.39 is 6.04 Å². The van der Waals surface area contributed by atoms with Crippen LogP contribution in [0.15, 0.2) is 24.0 Å². The number of carbonyl (C=O) groups is 1. The highest BCUT2D eigenvalue weighted by atomic mass is 16.5. The number of nitrogens with two attached hydrogens (primary N) is 1. The van der Waals surface area contributed by atoms with Crippen molar-refractivity contribution in [2.24, 2.45) is 5.73 Å². The molecule has 4 heteroatoms. The summed E-state index contributed by atoms with van der Waals surface area (Å²) in [6.45, 7) is 2.26. The van der Waals surface area contributed by atoms with Crippen molar-refractivity contribution in [1.29, 1.82) is 0 Å². The molecule has 1 aliphatic heterocycles. The Morgan fingerprint density at radius 1 is 1.67 bits per heavy atom. The molecule has 1 amide bonds. The molecule has 0 spiro atoms. The van der Waals surface area contributed by atoms with Gasteiger partial charge < -0.3 is 15.4 Å². The molecular formula is C11H16N2O2. The molecule has 0 saturated carbocycles. The zero-order valence-corrected chi connectivity index (χ0v) is 9.06. The van der Waals surface area contributed by atoms with Crippen LogP contribution in [0.2, 0.25) is 0 Å². The Labute approximate surface area is 89.4 Å². The van der Waals surface area contributed by atoms with E-state index in [1.807, 2.05) is 25.2 Å². The number of hydrogen-bond donors (Lipinski definition) is 1. The molecule has 2 atom stereocenters. The minimum atomic E-state index is -0.557. The highest BCUT2D eigenvalue weighted by Gasteiger charge is 2.42. The lowest BCUT2D eigenvalue weighted by Crippen LogP contribution is -2.52. The molecule has 1 saturated heterocycles. The van der Waals surface area contributed by atoms with Crippen LogP contribution in [-0.4, -0.2) is 36.0 Å². The zero-order valence-electron chi connectivity index (χ0n) is 9.06. The lowest BCUT2D eigenvalue weighted by atomic mass is 9.89. The fourth-order valence-corrected chi connectivity index (χ4v) is 1.98. The number of fused-ring (bicyclic) bond motifs is 1. The molecule has 0 bridgehead atoms. The Kier molecular flexibility index (Phi) is 2.31. The van der Waals surface area contributed by atoms with Crippen LogP contribution >= 0.6 is 0 Å². The fraction of sp³-hybridized carbons (Fsp3) is 0.545. The van der Waals surface area contributed by atoms with Crippen LogP contribution in [0.25, 0.3) is 0 Å². The third-order valence-electron chi connectivity index (χ3n) is 3.24. The Balaban J connectivity index is 2.40. The predicted molar refractivity (Wildman–Crippen MR) is 56.9 cm³/mol. The molecule has 0 aromatic rings. The van der Waals surface area contributed by atoms with Crippen molar-refractivity contribution in [2.45, 2.75) is 24.9 Å². The van der Waals surface area contributed by atoms with Gasteiger partial charge in [0.2, 0.25) is 5.91 Å². The summed E-state index contributed by atoms with van der Waals surface area (Å²) < 4.78 is 5.59. The smallest absolute Gasteiger partial charge is 0.243 e. The maximum absolute atomic E-state index is 11.9. The van der Waals surface area contributed by atoms with Gasteiger partial charge >= 0.3 is 0 Å². The second kappa shape index (κ2) is 3.38. The molecule has 1 fully saturated rings. The highest BCUT2D eigenvalue weighted by Crippen LogP contribution is 2.33. The van der Waals surface area contributed by atoms with Gasteiger partial charge in [0.25, 0.3) is 0 Å². The van der Waals surface area contributed by atoms with E-state index in [-0.39, 0.29) is 18.1 Å². The van der Waals surface area contributed by atoms with Crippen LogP contribution in [0.5, 0.6) is 0 Å². The number of likely N-dealkylation sites (N-methyl/N-ethyl adjacent to an activating group) is 1. The van der Waals surface area contributed by atoms with Gasteiger partial charge in [0.05, 0.1) is 0 Å². The van der Waals surface area contributed by atoms with Crippen molar-refractivity contribution in [3.63, 3.8) is 0 Å². The van der Waals surface area contributed by atoms with Gasteiger partial charge in [-0.1, -0.05) is 12.2 Å². The molecular weight excluding hydrogens is 192 g/mol. The minimum Gasteiger partial charge on any atom is -0.493 e. The first-order valence-corrected chi connectivity index (χ1v) is 5.09. The zero-order chi connectivity index (χ0) is 11.1. The lowest BCUT2D eigenvalue weighted by Gasteiger charge is -2.38. The van der Waals surface area contributed by atoms with Crippen LogP contribution in [0.1, 0.15) is 13.3 Å². The quantitative estimate of drug-likeness (QED) is 0.627. The van der Waals surface area contributed by atoms with E-state index in [0.29, 0.717) is 0 Å². The minimum absolute atomic E-state index is 0.0591. The maximum atomic E-state index is 11.9. The number of carbonyl (C=O) groups excluding carboxylic acids is 1. The van der Waals surface area contributed by atoms with Gasteiger partial charge in [0.15, 0.2) is 0 Å². The second-order valence-corrected chi connectivity index (χ2v) is 4.25. The molecule has 82 valence electrons. The molecule has 2 N–H and O–H groups in total. The molecule has 2 rings (SSSR count). The molecule has 2 aliphatic rings. The molecule has 15 heavy (non-hydrogen) atoms. The van der Waals surface area contributed by atoms with Gasteiger partial charge in [0, 0.05) is 7.05 Å².